The second-order valence-corrected chi connectivity index (χ2v) is 7.56. The van der Waals surface area contributed by atoms with Crippen molar-refractivity contribution < 1.29 is 13.2 Å². The van der Waals surface area contributed by atoms with Crippen LogP contribution in [-0.4, -0.2) is 30.2 Å². The summed E-state index contributed by atoms with van der Waals surface area (Å²) in [5.74, 6) is 0.372. The summed E-state index contributed by atoms with van der Waals surface area (Å²) in [6, 6.07) is 1.66. The molecule has 0 atom stereocenters. The summed E-state index contributed by atoms with van der Waals surface area (Å²) in [6.45, 7) is 0. The normalized spacial score (nSPS) is 16.1. The van der Waals surface area contributed by atoms with Crippen LogP contribution < -0.4 is 4.74 Å². The number of halogens is 1. The summed E-state index contributed by atoms with van der Waals surface area (Å²) in [5, 5.41) is -0.245. The first-order valence-electron chi connectivity index (χ1n) is 5.48. The maximum Gasteiger partial charge on any atom is 0.186 e. The Bertz CT molecular complexity index is 719. The van der Waals surface area contributed by atoms with Gasteiger partial charge in [0.05, 0.1) is 18.6 Å². The molecule has 0 aromatic carbocycles. The zero-order valence-corrected chi connectivity index (χ0v) is 12.6. The summed E-state index contributed by atoms with van der Waals surface area (Å²) in [7, 11) is -1.79. The number of hydrogen-bond donors (Lipinski definition) is 0. The molecule has 3 rings (SSSR count). The van der Waals surface area contributed by atoms with Crippen LogP contribution in [0.3, 0.4) is 0 Å². The number of imidazole rings is 1. The number of aromatic nitrogens is 2. The molecule has 0 aliphatic heterocycles. The first kappa shape index (κ1) is 12.2. The molecule has 0 bridgehead atoms. The summed E-state index contributed by atoms with van der Waals surface area (Å²) < 4.78 is 32.5. The largest absolute Gasteiger partial charge is 0.495 e. The van der Waals surface area contributed by atoms with Crippen molar-refractivity contribution in [2.24, 2.45) is 0 Å². The third-order valence-corrected chi connectivity index (χ3v) is 6.09. The minimum Gasteiger partial charge on any atom is -0.495 e. The van der Waals surface area contributed by atoms with E-state index in [9.17, 15) is 8.42 Å². The topological polar surface area (TPSA) is 60.7 Å². The number of sulfone groups is 1. The van der Waals surface area contributed by atoms with Gasteiger partial charge in [-0.3, -0.25) is 4.40 Å². The van der Waals surface area contributed by atoms with E-state index in [-0.39, 0.29) is 10.1 Å². The number of methoxy groups -OCH3 is 1. The van der Waals surface area contributed by atoms with Crippen LogP contribution in [0, 0.1) is 3.70 Å². The Morgan fingerprint density at radius 1 is 1.50 bits per heavy atom. The van der Waals surface area contributed by atoms with Crippen LogP contribution >= 0.6 is 22.6 Å². The van der Waals surface area contributed by atoms with E-state index in [0.29, 0.717) is 11.4 Å². The number of ether oxygens (including phenoxy) is 1. The third kappa shape index (κ3) is 1.80. The van der Waals surface area contributed by atoms with Crippen LogP contribution in [0.1, 0.15) is 12.8 Å². The monoisotopic (exact) mass is 378 g/mol. The molecule has 0 saturated heterocycles. The molecule has 96 valence electrons. The Labute approximate surface area is 118 Å². The van der Waals surface area contributed by atoms with Crippen molar-refractivity contribution in [3.8, 4) is 5.75 Å². The van der Waals surface area contributed by atoms with E-state index in [1.807, 2.05) is 0 Å². The first-order chi connectivity index (χ1) is 8.54. The van der Waals surface area contributed by atoms with Crippen molar-refractivity contribution in [1.29, 1.82) is 0 Å². The lowest BCUT2D eigenvalue weighted by atomic mass is 10.4. The second-order valence-electron chi connectivity index (χ2n) is 4.26. The van der Waals surface area contributed by atoms with Gasteiger partial charge in [0.15, 0.2) is 9.84 Å². The molecule has 0 radical (unpaired) electrons. The SMILES string of the molecule is COc1cc2ncc(I)n2cc1S(=O)(=O)C1CC1. The molecule has 2 heterocycles. The number of nitrogens with zero attached hydrogens (tertiary/aromatic N) is 2. The van der Waals surface area contributed by atoms with E-state index >= 15 is 0 Å². The van der Waals surface area contributed by atoms with Gasteiger partial charge in [-0.05, 0) is 35.4 Å². The molecule has 0 amide bonds. The Morgan fingerprint density at radius 2 is 2.22 bits per heavy atom. The molecule has 0 unspecified atom stereocenters. The average Bonchev–Trinajstić information content (AvgIpc) is 3.14. The summed E-state index contributed by atoms with van der Waals surface area (Å²) >= 11 is 2.12. The molecule has 2 aromatic heterocycles. The van der Waals surface area contributed by atoms with E-state index in [1.54, 1.807) is 22.9 Å². The Morgan fingerprint density at radius 3 is 2.83 bits per heavy atom. The van der Waals surface area contributed by atoms with Gasteiger partial charge in [0.2, 0.25) is 0 Å². The highest BCUT2D eigenvalue weighted by molar-refractivity contribution is 14.1. The van der Waals surface area contributed by atoms with Gasteiger partial charge in [0.25, 0.3) is 0 Å². The fourth-order valence-corrected chi connectivity index (χ4v) is 4.20. The van der Waals surface area contributed by atoms with Gasteiger partial charge in [0.1, 0.15) is 20.0 Å². The van der Waals surface area contributed by atoms with E-state index in [2.05, 4.69) is 27.6 Å². The average molecular weight is 378 g/mol. The number of rotatable bonds is 3. The van der Waals surface area contributed by atoms with Crippen LogP contribution in [0.2, 0.25) is 0 Å². The lowest BCUT2D eigenvalue weighted by Gasteiger charge is -2.10. The van der Waals surface area contributed by atoms with E-state index in [1.165, 1.54) is 7.11 Å². The molecule has 1 saturated carbocycles. The fraction of sp³-hybridized carbons (Fsp3) is 0.364. The molecule has 18 heavy (non-hydrogen) atoms. The molecule has 1 aliphatic carbocycles. The first-order valence-corrected chi connectivity index (χ1v) is 8.11. The number of pyridine rings is 1. The second kappa shape index (κ2) is 4.09. The van der Waals surface area contributed by atoms with Gasteiger partial charge in [0, 0.05) is 12.3 Å². The van der Waals surface area contributed by atoms with Crippen LogP contribution in [0.5, 0.6) is 5.75 Å². The third-order valence-electron chi connectivity index (χ3n) is 3.02. The van der Waals surface area contributed by atoms with E-state index in [0.717, 1.165) is 16.5 Å². The Balaban J connectivity index is 2.29. The standard InChI is InChI=1S/C11H11IN2O3S/c1-17-8-4-11-13-5-10(12)14(11)6-9(8)18(15,16)7-2-3-7/h4-7H,2-3H2,1H3. The summed E-state index contributed by atoms with van der Waals surface area (Å²) in [4.78, 5) is 4.45. The molecule has 1 aliphatic rings. The number of hydrogen-bond acceptors (Lipinski definition) is 4. The molecule has 5 nitrogen and oxygen atoms in total. The lowest BCUT2D eigenvalue weighted by Crippen LogP contribution is -2.10. The summed E-state index contributed by atoms with van der Waals surface area (Å²) in [6.07, 6.45) is 4.79. The van der Waals surface area contributed by atoms with E-state index in [4.69, 9.17) is 4.74 Å². The van der Waals surface area contributed by atoms with Gasteiger partial charge in [-0.25, -0.2) is 13.4 Å². The zero-order chi connectivity index (χ0) is 12.9. The van der Waals surface area contributed by atoms with Crippen molar-refractivity contribution in [2.45, 2.75) is 23.0 Å². The molecule has 2 aromatic rings. The highest BCUT2D eigenvalue weighted by Gasteiger charge is 2.39. The van der Waals surface area contributed by atoms with Crippen molar-refractivity contribution in [3.63, 3.8) is 0 Å². The molecular weight excluding hydrogens is 367 g/mol. The smallest absolute Gasteiger partial charge is 0.186 e. The summed E-state index contributed by atoms with van der Waals surface area (Å²) in [5.41, 5.74) is 0.686. The number of fused-ring (bicyclic) bond motifs is 1. The highest BCUT2D eigenvalue weighted by atomic mass is 127. The predicted molar refractivity (Wildman–Crippen MR) is 74.7 cm³/mol. The molecule has 0 spiro atoms. The van der Waals surface area contributed by atoms with Crippen molar-refractivity contribution in [1.82, 2.24) is 9.38 Å². The maximum atomic E-state index is 12.3. The van der Waals surface area contributed by atoms with Crippen LogP contribution in [0.4, 0.5) is 0 Å². The van der Waals surface area contributed by atoms with Gasteiger partial charge in [-0.15, -0.1) is 0 Å². The van der Waals surface area contributed by atoms with Gasteiger partial charge >= 0.3 is 0 Å². The molecule has 0 N–H and O–H groups in total. The van der Waals surface area contributed by atoms with Crippen LogP contribution in [0.15, 0.2) is 23.4 Å². The van der Waals surface area contributed by atoms with Crippen molar-refractivity contribution >= 4 is 38.1 Å². The van der Waals surface area contributed by atoms with Crippen molar-refractivity contribution in [2.75, 3.05) is 7.11 Å². The van der Waals surface area contributed by atoms with Gasteiger partial charge < -0.3 is 4.74 Å². The van der Waals surface area contributed by atoms with Crippen LogP contribution in [0.25, 0.3) is 5.65 Å². The maximum absolute atomic E-state index is 12.3. The predicted octanol–water partition coefficient (Wildman–Crippen LogP) is 1.88. The van der Waals surface area contributed by atoms with Gasteiger partial charge in [-0.2, -0.15) is 0 Å². The Hall–Kier alpha value is -0.830. The Kier molecular flexibility index (Phi) is 2.77. The fourth-order valence-electron chi connectivity index (χ4n) is 1.89. The molecule has 1 fully saturated rings. The highest BCUT2D eigenvalue weighted by Crippen LogP contribution is 2.37. The van der Waals surface area contributed by atoms with E-state index < -0.39 is 9.84 Å². The zero-order valence-electron chi connectivity index (χ0n) is 9.63. The minimum absolute atomic E-state index is 0.245. The van der Waals surface area contributed by atoms with Gasteiger partial charge in [-0.1, -0.05) is 0 Å². The minimum atomic E-state index is -3.27. The molecule has 7 heteroatoms. The lowest BCUT2D eigenvalue weighted by molar-refractivity contribution is 0.402. The quantitative estimate of drug-likeness (QED) is 0.766. The van der Waals surface area contributed by atoms with Crippen molar-refractivity contribution in [3.05, 3.63) is 22.2 Å². The molecular formula is C11H11IN2O3S. The van der Waals surface area contributed by atoms with Crippen LogP contribution in [-0.2, 0) is 9.84 Å².